The average Bonchev–Trinajstić information content (AvgIpc) is 2.84. The Morgan fingerprint density at radius 1 is 0.588 bits per heavy atom. The van der Waals surface area contributed by atoms with E-state index in [1.165, 1.54) is 11.1 Å². The summed E-state index contributed by atoms with van der Waals surface area (Å²) in [5, 5.41) is 8.02. The molecule has 0 unspecified atom stereocenters. The standard InChI is InChI=1S/C28H30N4O2/c1-19(2)23-9-5-21(6-10-23)17-29-31-27(33)25-13-15-26(16-14-25)28(34)32-30-18-22-7-11-24(12-8-22)20(3)4/h5-20H,1-4H3,(H,31,33)(H,32,34). The van der Waals surface area contributed by atoms with Gasteiger partial charge in [0, 0.05) is 11.1 Å². The van der Waals surface area contributed by atoms with E-state index in [0.717, 1.165) is 11.1 Å². The van der Waals surface area contributed by atoms with Crippen molar-refractivity contribution in [1.29, 1.82) is 0 Å². The van der Waals surface area contributed by atoms with Gasteiger partial charge in [-0.15, -0.1) is 0 Å². The van der Waals surface area contributed by atoms with Crippen LogP contribution in [0.25, 0.3) is 0 Å². The van der Waals surface area contributed by atoms with Gasteiger partial charge in [0.2, 0.25) is 0 Å². The fraction of sp³-hybridized carbons (Fsp3) is 0.214. The molecule has 0 bridgehead atoms. The Morgan fingerprint density at radius 3 is 1.21 bits per heavy atom. The predicted molar refractivity (Wildman–Crippen MR) is 138 cm³/mol. The van der Waals surface area contributed by atoms with E-state index in [1.807, 2.05) is 48.5 Å². The third-order valence-electron chi connectivity index (χ3n) is 5.37. The van der Waals surface area contributed by atoms with Crippen molar-refractivity contribution in [2.75, 3.05) is 0 Å². The molecule has 0 aliphatic rings. The number of hydrogen-bond acceptors (Lipinski definition) is 4. The summed E-state index contributed by atoms with van der Waals surface area (Å²) in [7, 11) is 0. The minimum Gasteiger partial charge on any atom is -0.267 e. The summed E-state index contributed by atoms with van der Waals surface area (Å²) in [4.78, 5) is 24.6. The smallest absolute Gasteiger partial charge is 0.267 e. The molecule has 0 saturated carbocycles. The molecule has 0 radical (unpaired) electrons. The van der Waals surface area contributed by atoms with E-state index in [4.69, 9.17) is 0 Å². The molecule has 34 heavy (non-hydrogen) atoms. The van der Waals surface area contributed by atoms with Gasteiger partial charge in [-0.1, -0.05) is 76.2 Å². The molecule has 0 spiro atoms. The molecule has 3 rings (SSSR count). The Balaban J connectivity index is 1.51. The van der Waals surface area contributed by atoms with E-state index in [1.54, 1.807) is 36.7 Å². The van der Waals surface area contributed by atoms with Crippen molar-refractivity contribution in [3.05, 3.63) is 106 Å². The van der Waals surface area contributed by atoms with Crippen LogP contribution >= 0.6 is 0 Å². The highest BCUT2D eigenvalue weighted by atomic mass is 16.2. The topological polar surface area (TPSA) is 82.9 Å². The molecule has 0 atom stereocenters. The van der Waals surface area contributed by atoms with Crippen molar-refractivity contribution >= 4 is 24.2 Å². The number of carbonyl (C=O) groups is 2. The van der Waals surface area contributed by atoms with Crippen molar-refractivity contribution in [3.8, 4) is 0 Å². The lowest BCUT2D eigenvalue weighted by Crippen LogP contribution is -2.19. The van der Waals surface area contributed by atoms with Crippen molar-refractivity contribution in [1.82, 2.24) is 10.9 Å². The summed E-state index contributed by atoms with van der Waals surface area (Å²) in [5.41, 5.74) is 10.1. The summed E-state index contributed by atoms with van der Waals surface area (Å²) < 4.78 is 0. The SMILES string of the molecule is CC(C)c1ccc(C=NNC(=O)c2ccc(C(=O)NN=Cc3ccc(C(C)C)cc3)cc2)cc1. The highest BCUT2D eigenvalue weighted by Crippen LogP contribution is 2.14. The van der Waals surface area contributed by atoms with Crippen LogP contribution in [0.2, 0.25) is 0 Å². The van der Waals surface area contributed by atoms with E-state index in [2.05, 4.69) is 48.7 Å². The zero-order valence-corrected chi connectivity index (χ0v) is 19.9. The van der Waals surface area contributed by atoms with Gasteiger partial charge in [-0.2, -0.15) is 10.2 Å². The first-order valence-electron chi connectivity index (χ1n) is 11.3. The lowest BCUT2D eigenvalue weighted by Gasteiger charge is -2.05. The van der Waals surface area contributed by atoms with Crippen LogP contribution in [0, 0.1) is 0 Å². The van der Waals surface area contributed by atoms with Crippen LogP contribution in [0.5, 0.6) is 0 Å². The normalized spacial score (nSPS) is 11.5. The molecular formula is C28H30N4O2. The largest absolute Gasteiger partial charge is 0.271 e. The molecular weight excluding hydrogens is 424 g/mol. The zero-order valence-electron chi connectivity index (χ0n) is 19.9. The van der Waals surface area contributed by atoms with Crippen LogP contribution in [0.15, 0.2) is 83.0 Å². The summed E-state index contributed by atoms with van der Waals surface area (Å²) in [5.74, 6) is 0.212. The maximum atomic E-state index is 12.3. The number of benzene rings is 3. The van der Waals surface area contributed by atoms with Crippen LogP contribution in [0.1, 0.15) is 82.5 Å². The molecule has 0 fully saturated rings. The van der Waals surface area contributed by atoms with Crippen LogP contribution < -0.4 is 10.9 Å². The van der Waals surface area contributed by atoms with Gasteiger partial charge in [0.15, 0.2) is 0 Å². The van der Waals surface area contributed by atoms with Crippen molar-refractivity contribution in [2.24, 2.45) is 10.2 Å². The van der Waals surface area contributed by atoms with Gasteiger partial charge in [0.25, 0.3) is 11.8 Å². The Bertz CT molecular complexity index is 1070. The first-order chi connectivity index (χ1) is 16.3. The molecule has 0 aromatic heterocycles. The fourth-order valence-electron chi connectivity index (χ4n) is 3.17. The van der Waals surface area contributed by atoms with E-state index >= 15 is 0 Å². The molecule has 174 valence electrons. The van der Waals surface area contributed by atoms with Crippen LogP contribution in [0.3, 0.4) is 0 Å². The number of nitrogens with zero attached hydrogens (tertiary/aromatic N) is 2. The van der Waals surface area contributed by atoms with E-state index in [9.17, 15) is 9.59 Å². The van der Waals surface area contributed by atoms with Crippen LogP contribution in [-0.2, 0) is 0 Å². The average molecular weight is 455 g/mol. The number of hydrazone groups is 2. The van der Waals surface area contributed by atoms with Crippen molar-refractivity contribution in [2.45, 2.75) is 39.5 Å². The third-order valence-corrected chi connectivity index (χ3v) is 5.37. The summed E-state index contributed by atoms with van der Waals surface area (Å²) in [6.45, 7) is 8.55. The molecule has 2 N–H and O–H groups in total. The molecule has 2 amide bonds. The van der Waals surface area contributed by atoms with Gasteiger partial charge >= 0.3 is 0 Å². The Morgan fingerprint density at radius 2 is 0.912 bits per heavy atom. The number of nitrogens with one attached hydrogen (secondary N) is 2. The molecule has 3 aromatic rings. The molecule has 0 aliphatic heterocycles. The Kier molecular flexibility index (Phi) is 8.46. The van der Waals surface area contributed by atoms with Gasteiger partial charge in [-0.3, -0.25) is 9.59 Å². The lowest BCUT2D eigenvalue weighted by molar-refractivity contribution is 0.0943. The number of rotatable bonds is 8. The highest BCUT2D eigenvalue weighted by molar-refractivity contribution is 5.98. The predicted octanol–water partition coefficient (Wildman–Crippen LogP) is 5.46. The summed E-state index contributed by atoms with van der Waals surface area (Å²) in [6.07, 6.45) is 3.19. The zero-order chi connectivity index (χ0) is 24.5. The van der Waals surface area contributed by atoms with Gasteiger partial charge < -0.3 is 0 Å². The van der Waals surface area contributed by atoms with Gasteiger partial charge in [-0.25, -0.2) is 10.9 Å². The van der Waals surface area contributed by atoms with Gasteiger partial charge in [0.1, 0.15) is 0 Å². The van der Waals surface area contributed by atoms with Crippen LogP contribution in [0.4, 0.5) is 0 Å². The quantitative estimate of drug-likeness (QED) is 0.350. The second-order valence-corrected chi connectivity index (χ2v) is 8.62. The summed E-state index contributed by atoms with van der Waals surface area (Å²) >= 11 is 0. The summed E-state index contributed by atoms with van der Waals surface area (Å²) in [6, 6.07) is 22.3. The Labute approximate surface area is 200 Å². The lowest BCUT2D eigenvalue weighted by atomic mass is 10.0. The van der Waals surface area contributed by atoms with E-state index in [0.29, 0.717) is 23.0 Å². The molecule has 3 aromatic carbocycles. The van der Waals surface area contributed by atoms with E-state index < -0.39 is 0 Å². The van der Waals surface area contributed by atoms with Crippen molar-refractivity contribution in [3.63, 3.8) is 0 Å². The molecule has 6 heteroatoms. The molecule has 6 nitrogen and oxygen atoms in total. The first kappa shape index (κ1) is 24.6. The minimum absolute atomic E-state index is 0.357. The molecule has 0 heterocycles. The van der Waals surface area contributed by atoms with Crippen LogP contribution in [-0.4, -0.2) is 24.2 Å². The maximum Gasteiger partial charge on any atom is 0.271 e. The monoisotopic (exact) mass is 454 g/mol. The maximum absolute atomic E-state index is 12.3. The first-order valence-corrected chi connectivity index (χ1v) is 11.3. The van der Waals surface area contributed by atoms with Crippen molar-refractivity contribution < 1.29 is 9.59 Å². The number of hydrogen-bond donors (Lipinski definition) is 2. The molecule has 0 saturated heterocycles. The third kappa shape index (κ3) is 6.97. The number of carbonyl (C=O) groups excluding carboxylic acids is 2. The Hall–Kier alpha value is -4.06. The second kappa shape index (κ2) is 11.7. The highest BCUT2D eigenvalue weighted by Gasteiger charge is 2.08. The number of amides is 2. The fourth-order valence-corrected chi connectivity index (χ4v) is 3.17. The molecule has 0 aliphatic carbocycles. The second-order valence-electron chi connectivity index (χ2n) is 8.62. The van der Waals surface area contributed by atoms with E-state index in [-0.39, 0.29) is 11.8 Å². The minimum atomic E-state index is -0.357. The van der Waals surface area contributed by atoms with Gasteiger partial charge in [0.05, 0.1) is 12.4 Å². The van der Waals surface area contributed by atoms with Gasteiger partial charge in [-0.05, 0) is 58.4 Å².